The van der Waals surface area contributed by atoms with Crippen molar-refractivity contribution in [2.24, 2.45) is 4.99 Å². The van der Waals surface area contributed by atoms with E-state index in [1.807, 2.05) is 35.7 Å². The fourth-order valence-corrected chi connectivity index (χ4v) is 2.58. The van der Waals surface area contributed by atoms with Gasteiger partial charge in [0.15, 0.2) is 0 Å². The molecule has 2 aromatic rings. The summed E-state index contributed by atoms with van der Waals surface area (Å²) in [6.07, 6.45) is 2.34. The summed E-state index contributed by atoms with van der Waals surface area (Å²) in [5.74, 6) is 0. The zero-order valence-corrected chi connectivity index (χ0v) is 10.5. The summed E-state index contributed by atoms with van der Waals surface area (Å²) < 4.78 is 0. The van der Waals surface area contributed by atoms with Gasteiger partial charge in [-0.2, -0.15) is 4.99 Å². The van der Waals surface area contributed by atoms with Crippen LogP contribution in [0.2, 0.25) is 5.02 Å². The lowest BCUT2D eigenvalue weighted by molar-refractivity contribution is 0.557. The van der Waals surface area contributed by atoms with Gasteiger partial charge in [0.2, 0.25) is 6.08 Å². The number of hydrogen-bond acceptors (Lipinski definition) is 3. The molecule has 0 N–H and O–H groups in total. The van der Waals surface area contributed by atoms with E-state index in [4.69, 9.17) is 11.6 Å². The third-order valence-electron chi connectivity index (χ3n) is 2.42. The molecule has 1 aromatic heterocycles. The third-order valence-corrected chi connectivity index (χ3v) is 3.55. The Bertz CT molecular complexity index is 532. The molecular formula is C13H10ClNOS. The Morgan fingerprint density at radius 2 is 2.24 bits per heavy atom. The van der Waals surface area contributed by atoms with E-state index in [-0.39, 0.29) is 6.04 Å². The van der Waals surface area contributed by atoms with Gasteiger partial charge < -0.3 is 0 Å². The molecular weight excluding hydrogens is 254 g/mol. The van der Waals surface area contributed by atoms with Gasteiger partial charge in [-0.15, -0.1) is 11.3 Å². The van der Waals surface area contributed by atoms with Crippen LogP contribution in [0.4, 0.5) is 0 Å². The molecule has 1 unspecified atom stereocenters. The Hall–Kier alpha value is -1.41. The Labute approximate surface area is 109 Å². The third kappa shape index (κ3) is 3.27. The molecule has 0 spiro atoms. The standard InChI is InChI=1S/C13H10ClNOS/c14-11-4-1-3-10(7-11)13(15-9-16)8-12-5-2-6-17-12/h1-7,13H,8H2. The highest BCUT2D eigenvalue weighted by atomic mass is 35.5. The molecule has 0 saturated carbocycles. The minimum absolute atomic E-state index is 0.204. The van der Waals surface area contributed by atoms with Gasteiger partial charge in [-0.3, -0.25) is 0 Å². The highest BCUT2D eigenvalue weighted by molar-refractivity contribution is 7.09. The zero-order chi connectivity index (χ0) is 12.1. The Morgan fingerprint density at radius 1 is 1.35 bits per heavy atom. The van der Waals surface area contributed by atoms with E-state index < -0.39 is 0 Å². The summed E-state index contributed by atoms with van der Waals surface area (Å²) in [6, 6.07) is 11.2. The van der Waals surface area contributed by atoms with Gasteiger partial charge in [0.1, 0.15) is 0 Å². The van der Waals surface area contributed by atoms with E-state index in [9.17, 15) is 4.79 Å². The minimum Gasteiger partial charge on any atom is -0.211 e. The minimum atomic E-state index is -0.204. The highest BCUT2D eigenvalue weighted by Crippen LogP contribution is 2.26. The molecule has 0 fully saturated rings. The van der Waals surface area contributed by atoms with Crippen molar-refractivity contribution in [2.75, 3.05) is 0 Å². The second-order valence-corrected chi connectivity index (χ2v) is 5.04. The largest absolute Gasteiger partial charge is 0.235 e. The van der Waals surface area contributed by atoms with Crippen molar-refractivity contribution < 1.29 is 4.79 Å². The van der Waals surface area contributed by atoms with Crippen molar-refractivity contribution >= 4 is 29.0 Å². The van der Waals surface area contributed by atoms with Crippen LogP contribution in [0, 0.1) is 0 Å². The van der Waals surface area contributed by atoms with E-state index in [0.29, 0.717) is 11.4 Å². The average Bonchev–Trinajstić information content (AvgIpc) is 2.81. The molecule has 0 aliphatic heterocycles. The number of isocyanates is 1. The maximum atomic E-state index is 10.5. The lowest BCUT2D eigenvalue weighted by Crippen LogP contribution is -1.98. The second-order valence-electron chi connectivity index (χ2n) is 3.57. The van der Waals surface area contributed by atoms with E-state index in [1.54, 1.807) is 23.5 Å². The van der Waals surface area contributed by atoms with Gasteiger partial charge in [-0.1, -0.05) is 29.8 Å². The first kappa shape index (κ1) is 12.1. The van der Waals surface area contributed by atoms with Gasteiger partial charge in [0.05, 0.1) is 6.04 Å². The fourth-order valence-electron chi connectivity index (χ4n) is 1.63. The topological polar surface area (TPSA) is 29.4 Å². The van der Waals surface area contributed by atoms with Crippen molar-refractivity contribution in [3.05, 3.63) is 57.2 Å². The maximum absolute atomic E-state index is 10.5. The number of hydrogen-bond donors (Lipinski definition) is 0. The van der Waals surface area contributed by atoms with E-state index >= 15 is 0 Å². The van der Waals surface area contributed by atoms with Crippen LogP contribution in [-0.2, 0) is 11.2 Å². The normalized spacial score (nSPS) is 11.8. The molecule has 86 valence electrons. The summed E-state index contributed by atoms with van der Waals surface area (Å²) in [7, 11) is 0. The SMILES string of the molecule is O=C=NC(Cc1cccs1)c1cccc(Cl)c1. The van der Waals surface area contributed by atoms with Crippen molar-refractivity contribution in [1.29, 1.82) is 0 Å². The van der Waals surface area contributed by atoms with Crippen molar-refractivity contribution in [2.45, 2.75) is 12.5 Å². The number of halogens is 1. The van der Waals surface area contributed by atoms with Crippen LogP contribution in [0.25, 0.3) is 0 Å². The monoisotopic (exact) mass is 263 g/mol. The number of nitrogens with zero attached hydrogens (tertiary/aromatic N) is 1. The first-order chi connectivity index (χ1) is 8.29. The van der Waals surface area contributed by atoms with Crippen LogP contribution in [0.15, 0.2) is 46.8 Å². The second kappa shape index (κ2) is 5.78. The molecule has 1 atom stereocenters. The van der Waals surface area contributed by atoms with E-state index in [2.05, 4.69) is 4.99 Å². The van der Waals surface area contributed by atoms with Gasteiger partial charge in [0.25, 0.3) is 0 Å². The lowest BCUT2D eigenvalue weighted by Gasteiger charge is -2.10. The fraction of sp³-hybridized carbons (Fsp3) is 0.154. The molecule has 0 amide bonds. The van der Waals surface area contributed by atoms with Gasteiger partial charge in [-0.25, -0.2) is 4.79 Å². The smallest absolute Gasteiger partial charge is 0.211 e. The van der Waals surface area contributed by atoms with Crippen LogP contribution in [0.1, 0.15) is 16.5 Å². The van der Waals surface area contributed by atoms with Gasteiger partial charge in [0, 0.05) is 16.3 Å². The predicted octanol–water partition coefficient (Wildman–Crippen LogP) is 4.02. The van der Waals surface area contributed by atoms with Crippen LogP contribution >= 0.6 is 22.9 Å². The van der Waals surface area contributed by atoms with Gasteiger partial charge in [-0.05, 0) is 29.1 Å². The average molecular weight is 264 g/mol. The number of thiophene rings is 1. The Morgan fingerprint density at radius 3 is 2.88 bits per heavy atom. The van der Waals surface area contributed by atoms with Crippen LogP contribution < -0.4 is 0 Å². The summed E-state index contributed by atoms with van der Waals surface area (Å²) in [5, 5.41) is 2.66. The van der Waals surface area contributed by atoms with Gasteiger partial charge >= 0.3 is 0 Å². The molecule has 1 heterocycles. The maximum Gasteiger partial charge on any atom is 0.235 e. The lowest BCUT2D eigenvalue weighted by atomic mass is 10.0. The van der Waals surface area contributed by atoms with Crippen LogP contribution in [0.3, 0.4) is 0 Å². The Kier molecular flexibility index (Phi) is 4.10. The predicted molar refractivity (Wildman–Crippen MR) is 70.3 cm³/mol. The first-order valence-corrected chi connectivity index (χ1v) is 6.40. The van der Waals surface area contributed by atoms with E-state index in [1.165, 1.54) is 4.88 Å². The first-order valence-electron chi connectivity index (χ1n) is 5.14. The number of aliphatic imine (C=N–C) groups is 1. The van der Waals surface area contributed by atoms with Crippen LogP contribution in [-0.4, -0.2) is 6.08 Å². The molecule has 0 aliphatic carbocycles. The Balaban J connectivity index is 2.26. The molecule has 2 nitrogen and oxygen atoms in total. The molecule has 17 heavy (non-hydrogen) atoms. The van der Waals surface area contributed by atoms with Crippen LogP contribution in [0.5, 0.6) is 0 Å². The number of benzene rings is 1. The zero-order valence-electron chi connectivity index (χ0n) is 8.97. The molecule has 0 saturated heterocycles. The summed E-state index contributed by atoms with van der Waals surface area (Å²) in [5.41, 5.74) is 0.939. The summed E-state index contributed by atoms with van der Waals surface area (Å²) >= 11 is 7.59. The molecule has 0 radical (unpaired) electrons. The molecule has 0 aliphatic rings. The van der Waals surface area contributed by atoms with E-state index in [0.717, 1.165) is 5.56 Å². The molecule has 2 rings (SSSR count). The number of carbonyl (C=O) groups excluding carboxylic acids is 1. The quantitative estimate of drug-likeness (QED) is 0.605. The summed E-state index contributed by atoms with van der Waals surface area (Å²) in [6.45, 7) is 0. The highest BCUT2D eigenvalue weighted by Gasteiger charge is 2.12. The van der Waals surface area contributed by atoms with Crippen molar-refractivity contribution in [3.8, 4) is 0 Å². The van der Waals surface area contributed by atoms with Crippen molar-refractivity contribution in [3.63, 3.8) is 0 Å². The molecule has 1 aromatic carbocycles. The van der Waals surface area contributed by atoms with Crippen molar-refractivity contribution in [1.82, 2.24) is 0 Å². The molecule has 0 bridgehead atoms. The summed E-state index contributed by atoms with van der Waals surface area (Å²) in [4.78, 5) is 15.5. The molecule has 4 heteroatoms. The number of rotatable bonds is 4.